The van der Waals surface area contributed by atoms with Crippen molar-refractivity contribution in [2.75, 3.05) is 6.61 Å². The highest BCUT2D eigenvalue weighted by molar-refractivity contribution is 5.69. The predicted octanol–water partition coefficient (Wildman–Crippen LogP) is 3.39. The Labute approximate surface area is 120 Å². The van der Waals surface area contributed by atoms with Crippen LogP contribution in [0.3, 0.4) is 0 Å². The second kappa shape index (κ2) is 4.92. The van der Waals surface area contributed by atoms with E-state index in [2.05, 4.69) is 5.10 Å². The van der Waals surface area contributed by atoms with Gasteiger partial charge in [0, 0.05) is 12.3 Å². The van der Waals surface area contributed by atoms with Gasteiger partial charge in [0.05, 0.1) is 0 Å². The van der Waals surface area contributed by atoms with Crippen molar-refractivity contribution >= 4 is 6.09 Å². The topological polar surface area (TPSA) is 53.4 Å². The highest BCUT2D eigenvalue weighted by Crippen LogP contribution is 2.57. The molecule has 1 aliphatic rings. The second-order valence-corrected chi connectivity index (χ2v) is 6.15. The first kappa shape index (κ1) is 15.7. The summed E-state index contributed by atoms with van der Waals surface area (Å²) in [5, 5.41) is 3.76. The number of aromatic nitrogens is 2. The summed E-state index contributed by atoms with van der Waals surface area (Å²) >= 11 is 0. The lowest BCUT2D eigenvalue weighted by molar-refractivity contribution is -0.194. The van der Waals surface area contributed by atoms with Gasteiger partial charge in [0.25, 0.3) is 0 Å². The molecule has 1 aromatic rings. The molecule has 0 bridgehead atoms. The SMILES string of the molecule is CC(C)(C)OC(=O)n1ccc(OCC2(C(F)(F)F)CC2)n1. The highest BCUT2D eigenvalue weighted by Gasteiger charge is 2.63. The molecule has 0 amide bonds. The summed E-state index contributed by atoms with van der Waals surface area (Å²) in [6.07, 6.45) is -3.58. The predicted molar refractivity (Wildman–Crippen MR) is 67.1 cm³/mol. The standard InChI is InChI=1S/C13H17F3N2O3/c1-11(2,3)21-10(19)18-7-4-9(17-18)20-8-12(5-6-12)13(14,15)16/h4,7H,5-6,8H2,1-3H3. The van der Waals surface area contributed by atoms with Gasteiger partial charge in [-0.15, -0.1) is 5.10 Å². The molecule has 118 valence electrons. The maximum atomic E-state index is 12.7. The molecule has 1 heterocycles. The number of hydrogen-bond donors (Lipinski definition) is 0. The minimum absolute atomic E-state index is 0.0311. The number of carbonyl (C=O) groups excluding carboxylic acids is 1. The molecule has 0 spiro atoms. The molecular weight excluding hydrogens is 289 g/mol. The van der Waals surface area contributed by atoms with Gasteiger partial charge in [-0.1, -0.05) is 0 Å². The number of alkyl halides is 3. The summed E-state index contributed by atoms with van der Waals surface area (Å²) in [4.78, 5) is 11.7. The monoisotopic (exact) mass is 306 g/mol. The third-order valence-electron chi connectivity index (χ3n) is 3.10. The van der Waals surface area contributed by atoms with Crippen LogP contribution in [0.2, 0.25) is 0 Å². The zero-order valence-corrected chi connectivity index (χ0v) is 12.0. The van der Waals surface area contributed by atoms with Crippen LogP contribution in [0.5, 0.6) is 5.88 Å². The van der Waals surface area contributed by atoms with E-state index in [4.69, 9.17) is 9.47 Å². The lowest BCUT2D eigenvalue weighted by Gasteiger charge is -2.19. The first-order valence-electron chi connectivity index (χ1n) is 6.51. The van der Waals surface area contributed by atoms with Crippen molar-refractivity contribution in [3.63, 3.8) is 0 Å². The molecule has 1 fully saturated rings. The molecule has 0 atom stereocenters. The first-order chi connectivity index (χ1) is 9.52. The maximum Gasteiger partial charge on any atom is 0.435 e. The first-order valence-corrected chi connectivity index (χ1v) is 6.51. The van der Waals surface area contributed by atoms with E-state index in [1.54, 1.807) is 20.8 Å². The summed E-state index contributed by atoms with van der Waals surface area (Å²) in [6.45, 7) is 4.62. The third kappa shape index (κ3) is 3.68. The van der Waals surface area contributed by atoms with E-state index in [0.29, 0.717) is 0 Å². The van der Waals surface area contributed by atoms with Gasteiger partial charge in [-0.3, -0.25) is 0 Å². The number of rotatable bonds is 3. The molecule has 0 aromatic carbocycles. The lowest BCUT2D eigenvalue weighted by atomic mass is 10.1. The van der Waals surface area contributed by atoms with Crippen LogP contribution in [0.15, 0.2) is 12.3 Å². The molecule has 1 saturated carbocycles. The molecule has 21 heavy (non-hydrogen) atoms. The molecule has 0 unspecified atom stereocenters. The molecule has 0 N–H and O–H groups in total. The Kier molecular flexibility index (Phi) is 3.67. The van der Waals surface area contributed by atoms with Crippen molar-refractivity contribution in [1.82, 2.24) is 9.78 Å². The fourth-order valence-corrected chi connectivity index (χ4v) is 1.67. The van der Waals surface area contributed by atoms with Crippen molar-refractivity contribution in [3.05, 3.63) is 12.3 Å². The van der Waals surface area contributed by atoms with Crippen LogP contribution in [-0.4, -0.2) is 34.3 Å². The lowest BCUT2D eigenvalue weighted by Crippen LogP contribution is -2.30. The van der Waals surface area contributed by atoms with Crippen LogP contribution < -0.4 is 4.74 Å². The van der Waals surface area contributed by atoms with E-state index in [1.807, 2.05) is 0 Å². The van der Waals surface area contributed by atoms with E-state index in [0.717, 1.165) is 4.68 Å². The average molecular weight is 306 g/mol. The average Bonchev–Trinajstić information content (AvgIpc) is 2.96. The summed E-state index contributed by atoms with van der Waals surface area (Å²) in [5.74, 6) is -0.0311. The van der Waals surface area contributed by atoms with Gasteiger partial charge < -0.3 is 9.47 Å². The third-order valence-corrected chi connectivity index (χ3v) is 3.10. The van der Waals surface area contributed by atoms with Gasteiger partial charge in [0.15, 0.2) is 0 Å². The Hall–Kier alpha value is -1.73. The number of hydrogen-bond acceptors (Lipinski definition) is 4. The Morgan fingerprint density at radius 3 is 2.48 bits per heavy atom. The Bertz CT molecular complexity index is 527. The molecule has 2 rings (SSSR count). The van der Waals surface area contributed by atoms with Crippen LogP contribution in [-0.2, 0) is 4.74 Å². The Morgan fingerprint density at radius 2 is 2.00 bits per heavy atom. The summed E-state index contributed by atoms with van der Waals surface area (Å²) in [7, 11) is 0. The van der Waals surface area contributed by atoms with Crippen molar-refractivity contribution in [2.24, 2.45) is 5.41 Å². The zero-order valence-electron chi connectivity index (χ0n) is 12.0. The molecule has 1 aliphatic carbocycles. The molecular formula is C13H17F3N2O3. The summed E-state index contributed by atoms with van der Waals surface area (Å²) in [5.41, 5.74) is -2.44. The van der Waals surface area contributed by atoms with Crippen LogP contribution in [0.1, 0.15) is 33.6 Å². The van der Waals surface area contributed by atoms with Gasteiger partial charge in [-0.25, -0.2) is 4.79 Å². The molecule has 0 aliphatic heterocycles. The van der Waals surface area contributed by atoms with E-state index in [9.17, 15) is 18.0 Å². The van der Waals surface area contributed by atoms with Crippen molar-refractivity contribution in [2.45, 2.75) is 45.4 Å². The van der Waals surface area contributed by atoms with Crippen LogP contribution in [0, 0.1) is 5.41 Å². The molecule has 0 saturated heterocycles. The minimum Gasteiger partial charge on any atom is -0.476 e. The number of ether oxygens (including phenoxy) is 2. The van der Waals surface area contributed by atoms with Gasteiger partial charge in [-0.05, 0) is 33.6 Å². The van der Waals surface area contributed by atoms with E-state index >= 15 is 0 Å². The normalized spacial score (nSPS) is 17.4. The minimum atomic E-state index is -4.28. The van der Waals surface area contributed by atoms with Gasteiger partial charge in [-0.2, -0.15) is 17.9 Å². The Balaban J connectivity index is 1.94. The van der Waals surface area contributed by atoms with Crippen LogP contribution in [0.4, 0.5) is 18.0 Å². The summed E-state index contributed by atoms with van der Waals surface area (Å²) in [6, 6.07) is 1.33. The number of nitrogens with zero attached hydrogens (tertiary/aromatic N) is 2. The highest BCUT2D eigenvalue weighted by atomic mass is 19.4. The quantitative estimate of drug-likeness (QED) is 0.859. The smallest absolute Gasteiger partial charge is 0.435 e. The summed E-state index contributed by atoms with van der Waals surface area (Å²) < 4.78 is 49.2. The number of carbonyl (C=O) groups is 1. The fourth-order valence-electron chi connectivity index (χ4n) is 1.67. The maximum absolute atomic E-state index is 12.7. The molecule has 5 nitrogen and oxygen atoms in total. The fraction of sp³-hybridized carbons (Fsp3) is 0.692. The van der Waals surface area contributed by atoms with Crippen LogP contribution in [0.25, 0.3) is 0 Å². The van der Waals surface area contributed by atoms with Crippen molar-refractivity contribution in [1.29, 1.82) is 0 Å². The largest absolute Gasteiger partial charge is 0.476 e. The molecule has 1 aromatic heterocycles. The number of halogens is 3. The van der Waals surface area contributed by atoms with Crippen molar-refractivity contribution in [3.8, 4) is 5.88 Å². The van der Waals surface area contributed by atoms with E-state index < -0.39 is 29.9 Å². The van der Waals surface area contributed by atoms with E-state index in [-0.39, 0.29) is 18.7 Å². The second-order valence-electron chi connectivity index (χ2n) is 6.15. The van der Waals surface area contributed by atoms with Crippen LogP contribution >= 0.6 is 0 Å². The van der Waals surface area contributed by atoms with Crippen molar-refractivity contribution < 1.29 is 27.4 Å². The van der Waals surface area contributed by atoms with E-state index in [1.165, 1.54) is 12.3 Å². The van der Waals surface area contributed by atoms with Gasteiger partial charge in [0.2, 0.25) is 5.88 Å². The van der Waals surface area contributed by atoms with Gasteiger partial charge in [0.1, 0.15) is 17.6 Å². The Morgan fingerprint density at radius 1 is 1.38 bits per heavy atom. The zero-order chi connectivity index (χ0) is 15.9. The van der Waals surface area contributed by atoms with Gasteiger partial charge >= 0.3 is 12.3 Å². The molecule has 0 radical (unpaired) electrons. The molecule has 8 heteroatoms.